The van der Waals surface area contributed by atoms with Gasteiger partial charge in [0.1, 0.15) is 18.2 Å². The second kappa shape index (κ2) is 9.59. The topological polar surface area (TPSA) is 140 Å². The SMILES string of the molecule is COCc1cc(C)n(CC(=O)N/N=C/c2cc([N+](=O)[O-])ccc2Cl)c(=O)c1C#N. The zero-order valence-corrected chi connectivity index (χ0v) is 16.3. The highest BCUT2D eigenvalue weighted by molar-refractivity contribution is 6.33. The van der Waals surface area contributed by atoms with Crippen LogP contribution in [0.1, 0.15) is 22.4 Å². The Labute approximate surface area is 170 Å². The van der Waals surface area contributed by atoms with Gasteiger partial charge in [0.05, 0.1) is 17.7 Å². The zero-order valence-electron chi connectivity index (χ0n) is 15.5. The first-order chi connectivity index (χ1) is 13.8. The first kappa shape index (κ1) is 21.7. The maximum atomic E-state index is 12.5. The number of nitro groups is 1. The summed E-state index contributed by atoms with van der Waals surface area (Å²) in [6.45, 7) is 1.36. The van der Waals surface area contributed by atoms with Gasteiger partial charge in [-0.15, -0.1) is 0 Å². The molecule has 0 atom stereocenters. The molecular formula is C18H16ClN5O5. The lowest BCUT2D eigenvalue weighted by Gasteiger charge is -2.12. The number of hydrazone groups is 1. The molecule has 2 rings (SSSR count). The summed E-state index contributed by atoms with van der Waals surface area (Å²) < 4.78 is 6.12. The van der Waals surface area contributed by atoms with Crippen LogP contribution >= 0.6 is 11.6 Å². The van der Waals surface area contributed by atoms with Gasteiger partial charge in [-0.05, 0) is 19.1 Å². The van der Waals surface area contributed by atoms with Crippen LogP contribution in [0.5, 0.6) is 0 Å². The van der Waals surface area contributed by atoms with E-state index in [9.17, 15) is 25.0 Å². The van der Waals surface area contributed by atoms with Crippen LogP contribution in [0.3, 0.4) is 0 Å². The molecule has 1 amide bonds. The number of carbonyl (C=O) groups excluding carboxylic acids is 1. The van der Waals surface area contributed by atoms with Crippen LogP contribution in [0.25, 0.3) is 0 Å². The van der Waals surface area contributed by atoms with Crippen molar-refractivity contribution in [2.24, 2.45) is 5.10 Å². The third-order valence-electron chi connectivity index (χ3n) is 3.89. The quantitative estimate of drug-likeness (QED) is 0.414. The van der Waals surface area contributed by atoms with Crippen LogP contribution in [0.15, 0.2) is 34.2 Å². The third-order valence-corrected chi connectivity index (χ3v) is 4.23. The van der Waals surface area contributed by atoms with Crippen molar-refractivity contribution < 1.29 is 14.5 Å². The molecule has 1 aromatic carbocycles. The normalized spacial score (nSPS) is 10.7. The van der Waals surface area contributed by atoms with Crippen molar-refractivity contribution in [3.05, 3.63) is 72.1 Å². The van der Waals surface area contributed by atoms with E-state index in [1.807, 2.05) is 6.07 Å². The first-order valence-corrected chi connectivity index (χ1v) is 8.54. The van der Waals surface area contributed by atoms with Crippen LogP contribution in [0, 0.1) is 28.4 Å². The number of nitro benzene ring substituents is 1. The Morgan fingerprint density at radius 3 is 2.83 bits per heavy atom. The van der Waals surface area contributed by atoms with Gasteiger partial charge in [0.2, 0.25) is 0 Å². The molecule has 1 N–H and O–H groups in total. The highest BCUT2D eigenvalue weighted by atomic mass is 35.5. The van der Waals surface area contributed by atoms with E-state index in [1.54, 1.807) is 13.0 Å². The number of non-ortho nitro benzene ring substituents is 1. The van der Waals surface area contributed by atoms with Gasteiger partial charge in [0.15, 0.2) is 0 Å². The molecule has 0 bridgehead atoms. The minimum absolute atomic E-state index is 0.0975. The Balaban J connectivity index is 2.17. The molecule has 0 spiro atoms. The molecule has 0 aliphatic rings. The average Bonchev–Trinajstić information content (AvgIpc) is 2.67. The number of pyridine rings is 1. The van der Waals surface area contributed by atoms with Gasteiger partial charge >= 0.3 is 0 Å². The Hall–Kier alpha value is -3.55. The third kappa shape index (κ3) is 5.25. The van der Waals surface area contributed by atoms with Crippen molar-refractivity contribution in [1.82, 2.24) is 9.99 Å². The molecule has 1 heterocycles. The lowest BCUT2D eigenvalue weighted by Crippen LogP contribution is -2.33. The van der Waals surface area contributed by atoms with Crippen LogP contribution in [0.2, 0.25) is 5.02 Å². The first-order valence-electron chi connectivity index (χ1n) is 8.16. The number of hydrogen-bond donors (Lipinski definition) is 1. The largest absolute Gasteiger partial charge is 0.380 e. The van der Waals surface area contributed by atoms with Gasteiger partial charge in [-0.2, -0.15) is 10.4 Å². The predicted octanol–water partition coefficient (Wildman–Crippen LogP) is 1.89. The number of ether oxygens (including phenoxy) is 1. The number of carbonyl (C=O) groups is 1. The van der Waals surface area contributed by atoms with E-state index in [0.717, 1.165) is 10.8 Å². The molecule has 0 radical (unpaired) electrons. The van der Waals surface area contributed by atoms with Crippen molar-refractivity contribution in [1.29, 1.82) is 5.26 Å². The smallest absolute Gasteiger partial charge is 0.270 e. The summed E-state index contributed by atoms with van der Waals surface area (Å²) in [6.07, 6.45) is 1.16. The van der Waals surface area contributed by atoms with Gasteiger partial charge in [-0.3, -0.25) is 19.7 Å². The number of nitrogens with one attached hydrogen (secondary N) is 1. The number of aromatic nitrogens is 1. The second-order valence-corrected chi connectivity index (χ2v) is 6.29. The van der Waals surface area contributed by atoms with Crippen molar-refractivity contribution in [3.63, 3.8) is 0 Å². The second-order valence-electron chi connectivity index (χ2n) is 5.88. The molecule has 0 fully saturated rings. The fraction of sp³-hybridized carbons (Fsp3) is 0.222. The Kier molecular flexibility index (Phi) is 7.19. The highest BCUT2D eigenvalue weighted by Gasteiger charge is 2.15. The maximum absolute atomic E-state index is 12.5. The van der Waals surface area contributed by atoms with Gasteiger partial charge in [-0.1, -0.05) is 11.6 Å². The number of aryl methyl sites for hydroxylation is 1. The van der Waals surface area contributed by atoms with Gasteiger partial charge in [-0.25, -0.2) is 5.43 Å². The lowest BCUT2D eigenvalue weighted by atomic mass is 10.1. The number of benzene rings is 1. The van der Waals surface area contributed by atoms with E-state index in [2.05, 4.69) is 10.5 Å². The highest BCUT2D eigenvalue weighted by Crippen LogP contribution is 2.20. The van der Waals surface area contributed by atoms with E-state index in [1.165, 1.54) is 25.3 Å². The van der Waals surface area contributed by atoms with Crippen LogP contribution in [0.4, 0.5) is 5.69 Å². The summed E-state index contributed by atoms with van der Waals surface area (Å²) in [6, 6.07) is 7.23. The number of hydrogen-bond acceptors (Lipinski definition) is 7. The number of nitriles is 1. The number of amides is 1. The number of halogens is 1. The molecule has 0 saturated carbocycles. The summed E-state index contributed by atoms with van der Waals surface area (Å²) in [5.41, 5.74) is 2.49. The number of nitrogens with zero attached hydrogens (tertiary/aromatic N) is 4. The molecule has 1 aromatic heterocycles. The van der Waals surface area contributed by atoms with Gasteiger partial charge in [0, 0.05) is 41.1 Å². The molecule has 150 valence electrons. The standard InChI is InChI=1S/C18H16ClN5O5/c1-11-5-13(10-29-2)15(7-20)18(26)23(11)9-17(25)22-21-8-12-6-14(24(27)28)3-4-16(12)19/h3-6,8H,9-10H2,1-2H3,(H,22,25)/b21-8+. The van der Waals surface area contributed by atoms with Crippen molar-refractivity contribution >= 4 is 29.4 Å². The molecule has 11 heteroatoms. The van der Waals surface area contributed by atoms with E-state index in [4.69, 9.17) is 16.3 Å². The number of rotatable bonds is 7. The van der Waals surface area contributed by atoms with Crippen molar-refractivity contribution in [2.45, 2.75) is 20.1 Å². The zero-order chi connectivity index (χ0) is 21.6. The molecular weight excluding hydrogens is 402 g/mol. The predicted molar refractivity (Wildman–Crippen MR) is 105 cm³/mol. The maximum Gasteiger partial charge on any atom is 0.270 e. The van der Waals surface area contributed by atoms with Crippen LogP contribution in [-0.4, -0.2) is 28.7 Å². The Bertz CT molecular complexity index is 1090. The van der Waals surface area contributed by atoms with E-state index in [0.29, 0.717) is 11.3 Å². The summed E-state index contributed by atoms with van der Waals surface area (Å²) in [5, 5.41) is 24.0. The molecule has 29 heavy (non-hydrogen) atoms. The fourth-order valence-electron chi connectivity index (χ4n) is 2.52. The van der Waals surface area contributed by atoms with Gasteiger partial charge < -0.3 is 9.30 Å². The summed E-state index contributed by atoms with van der Waals surface area (Å²) in [5.74, 6) is -0.628. The van der Waals surface area contributed by atoms with E-state index in [-0.39, 0.29) is 35.0 Å². The monoisotopic (exact) mass is 417 g/mol. The molecule has 0 saturated heterocycles. The van der Waals surface area contributed by atoms with E-state index < -0.39 is 16.4 Å². The molecule has 0 aliphatic heterocycles. The van der Waals surface area contributed by atoms with Gasteiger partial charge in [0.25, 0.3) is 17.2 Å². The molecule has 2 aromatic rings. The molecule has 0 aliphatic carbocycles. The Morgan fingerprint density at radius 2 is 2.21 bits per heavy atom. The van der Waals surface area contributed by atoms with Crippen molar-refractivity contribution in [2.75, 3.05) is 7.11 Å². The minimum atomic E-state index is -0.628. The molecule has 0 unspecified atom stereocenters. The molecule has 10 nitrogen and oxygen atoms in total. The summed E-state index contributed by atoms with van der Waals surface area (Å²) in [4.78, 5) is 34.9. The lowest BCUT2D eigenvalue weighted by molar-refractivity contribution is -0.384. The van der Waals surface area contributed by atoms with Crippen LogP contribution in [-0.2, 0) is 22.7 Å². The van der Waals surface area contributed by atoms with Crippen LogP contribution < -0.4 is 11.0 Å². The average molecular weight is 418 g/mol. The number of methoxy groups -OCH3 is 1. The fourth-order valence-corrected chi connectivity index (χ4v) is 2.68. The minimum Gasteiger partial charge on any atom is -0.380 e. The summed E-state index contributed by atoms with van der Waals surface area (Å²) in [7, 11) is 1.45. The Morgan fingerprint density at radius 1 is 1.48 bits per heavy atom. The van der Waals surface area contributed by atoms with Crippen molar-refractivity contribution in [3.8, 4) is 6.07 Å². The summed E-state index contributed by atoms with van der Waals surface area (Å²) >= 11 is 5.95. The van der Waals surface area contributed by atoms with E-state index >= 15 is 0 Å².